The number of thiophene rings is 1. The van der Waals surface area contributed by atoms with E-state index in [1.54, 1.807) is 0 Å². The van der Waals surface area contributed by atoms with Crippen LogP contribution in [0, 0.1) is 0 Å². The Labute approximate surface area is 110 Å². The molecule has 0 spiro atoms. The summed E-state index contributed by atoms with van der Waals surface area (Å²) >= 11 is 5.46. The van der Waals surface area contributed by atoms with Gasteiger partial charge in [-0.15, -0.1) is 11.3 Å². The molecule has 4 heteroatoms. The molecule has 1 aliphatic rings. The fourth-order valence-electron chi connectivity index (χ4n) is 2.24. The smallest absolute Gasteiger partial charge is 0.0340 e. The zero-order chi connectivity index (χ0) is 11.5. The number of piperazine rings is 1. The standard InChI is InChI=1S/C12H19BrN2S/c1-3-10-8-15(6-5-14(10)2)9-12-11(13)4-7-16-12/h4,7,10H,3,5-6,8-9H2,1-2H3. The first-order chi connectivity index (χ1) is 7.70. The van der Waals surface area contributed by atoms with Crippen molar-refractivity contribution < 1.29 is 0 Å². The molecule has 0 aliphatic carbocycles. The molecule has 16 heavy (non-hydrogen) atoms. The summed E-state index contributed by atoms with van der Waals surface area (Å²) in [5.74, 6) is 0. The highest BCUT2D eigenvalue weighted by molar-refractivity contribution is 9.10. The molecular formula is C12H19BrN2S. The molecule has 2 nitrogen and oxygen atoms in total. The van der Waals surface area contributed by atoms with E-state index in [-0.39, 0.29) is 0 Å². The molecule has 0 bridgehead atoms. The van der Waals surface area contributed by atoms with Crippen molar-refractivity contribution in [3.63, 3.8) is 0 Å². The van der Waals surface area contributed by atoms with Gasteiger partial charge in [0.1, 0.15) is 0 Å². The summed E-state index contributed by atoms with van der Waals surface area (Å²) in [4.78, 5) is 6.52. The van der Waals surface area contributed by atoms with Gasteiger partial charge >= 0.3 is 0 Å². The van der Waals surface area contributed by atoms with Gasteiger partial charge in [-0.05, 0) is 40.8 Å². The van der Waals surface area contributed by atoms with Gasteiger partial charge in [0.25, 0.3) is 0 Å². The molecule has 1 unspecified atom stereocenters. The molecule has 0 amide bonds. The first kappa shape index (κ1) is 12.6. The molecule has 1 atom stereocenters. The van der Waals surface area contributed by atoms with Crippen molar-refractivity contribution in [2.24, 2.45) is 0 Å². The minimum absolute atomic E-state index is 0.729. The summed E-state index contributed by atoms with van der Waals surface area (Å²) in [5.41, 5.74) is 0. The second kappa shape index (κ2) is 5.63. The van der Waals surface area contributed by atoms with Gasteiger partial charge in [0.2, 0.25) is 0 Å². The Hall–Kier alpha value is 0.1000. The van der Waals surface area contributed by atoms with Crippen LogP contribution in [0.25, 0.3) is 0 Å². The number of hydrogen-bond donors (Lipinski definition) is 0. The monoisotopic (exact) mass is 302 g/mol. The Bertz CT molecular complexity index is 340. The van der Waals surface area contributed by atoms with Crippen LogP contribution in [0.1, 0.15) is 18.2 Å². The van der Waals surface area contributed by atoms with E-state index >= 15 is 0 Å². The molecule has 1 saturated heterocycles. The molecule has 1 fully saturated rings. The molecule has 0 N–H and O–H groups in total. The maximum absolute atomic E-state index is 3.61. The summed E-state index contributed by atoms with van der Waals surface area (Å²) in [5, 5.41) is 2.16. The average Bonchev–Trinajstić information content (AvgIpc) is 2.67. The Kier molecular flexibility index (Phi) is 4.41. The summed E-state index contributed by atoms with van der Waals surface area (Å²) in [6, 6.07) is 2.88. The molecule has 0 aromatic carbocycles. The highest BCUT2D eigenvalue weighted by atomic mass is 79.9. The topological polar surface area (TPSA) is 6.48 Å². The van der Waals surface area contributed by atoms with Gasteiger partial charge in [0.05, 0.1) is 0 Å². The molecule has 90 valence electrons. The molecule has 0 saturated carbocycles. The maximum Gasteiger partial charge on any atom is 0.0340 e. The minimum atomic E-state index is 0.729. The third kappa shape index (κ3) is 2.86. The van der Waals surface area contributed by atoms with E-state index in [9.17, 15) is 0 Å². The van der Waals surface area contributed by atoms with Gasteiger partial charge in [0.15, 0.2) is 0 Å². The van der Waals surface area contributed by atoms with Gasteiger partial charge in [-0.25, -0.2) is 0 Å². The molecule has 2 rings (SSSR count). The van der Waals surface area contributed by atoms with E-state index in [2.05, 4.69) is 51.1 Å². The zero-order valence-electron chi connectivity index (χ0n) is 9.95. The van der Waals surface area contributed by atoms with Crippen molar-refractivity contribution in [3.05, 3.63) is 20.8 Å². The summed E-state index contributed by atoms with van der Waals surface area (Å²) < 4.78 is 1.27. The van der Waals surface area contributed by atoms with Crippen LogP contribution >= 0.6 is 27.3 Å². The van der Waals surface area contributed by atoms with Gasteiger partial charge < -0.3 is 4.90 Å². The first-order valence-corrected chi connectivity index (χ1v) is 7.52. The highest BCUT2D eigenvalue weighted by Crippen LogP contribution is 2.25. The Morgan fingerprint density at radius 2 is 2.31 bits per heavy atom. The van der Waals surface area contributed by atoms with Crippen molar-refractivity contribution in [3.8, 4) is 0 Å². The number of halogens is 1. The average molecular weight is 303 g/mol. The minimum Gasteiger partial charge on any atom is -0.301 e. The first-order valence-electron chi connectivity index (χ1n) is 5.85. The van der Waals surface area contributed by atoms with Crippen LogP contribution in [0.4, 0.5) is 0 Å². The fourth-order valence-corrected chi connectivity index (χ4v) is 3.75. The maximum atomic E-state index is 3.61. The molecule has 1 aromatic rings. The van der Waals surface area contributed by atoms with Gasteiger partial charge in [-0.3, -0.25) is 4.90 Å². The normalized spacial score (nSPS) is 23.8. The summed E-state index contributed by atoms with van der Waals surface area (Å²) in [6.45, 7) is 6.98. The molecule has 2 heterocycles. The lowest BCUT2D eigenvalue weighted by atomic mass is 10.1. The highest BCUT2D eigenvalue weighted by Gasteiger charge is 2.23. The summed E-state index contributed by atoms with van der Waals surface area (Å²) in [7, 11) is 2.24. The van der Waals surface area contributed by atoms with Crippen LogP contribution in [0.3, 0.4) is 0 Å². The Morgan fingerprint density at radius 1 is 1.50 bits per heavy atom. The number of rotatable bonds is 3. The number of likely N-dealkylation sites (N-methyl/N-ethyl adjacent to an activating group) is 1. The van der Waals surface area contributed by atoms with Crippen molar-refractivity contribution in [2.45, 2.75) is 25.9 Å². The van der Waals surface area contributed by atoms with Crippen LogP contribution < -0.4 is 0 Å². The van der Waals surface area contributed by atoms with Crippen LogP contribution in [0.5, 0.6) is 0 Å². The zero-order valence-corrected chi connectivity index (χ0v) is 12.4. The molecule has 0 radical (unpaired) electrons. The van der Waals surface area contributed by atoms with Crippen molar-refractivity contribution in [1.29, 1.82) is 0 Å². The third-order valence-corrected chi connectivity index (χ3v) is 5.30. The SMILES string of the molecule is CCC1CN(Cc2sccc2Br)CCN1C. The van der Waals surface area contributed by atoms with E-state index < -0.39 is 0 Å². The fraction of sp³-hybridized carbons (Fsp3) is 0.667. The number of hydrogen-bond acceptors (Lipinski definition) is 3. The van der Waals surface area contributed by atoms with Crippen molar-refractivity contribution in [1.82, 2.24) is 9.80 Å². The van der Waals surface area contributed by atoms with E-state index in [4.69, 9.17) is 0 Å². The second-order valence-electron chi connectivity index (χ2n) is 4.47. The van der Waals surface area contributed by atoms with Crippen molar-refractivity contribution in [2.75, 3.05) is 26.7 Å². The summed E-state index contributed by atoms with van der Waals surface area (Å²) in [6.07, 6.45) is 1.25. The molecular weight excluding hydrogens is 284 g/mol. The van der Waals surface area contributed by atoms with E-state index in [1.165, 1.54) is 35.4 Å². The second-order valence-corrected chi connectivity index (χ2v) is 6.32. The lowest BCUT2D eigenvalue weighted by molar-refractivity contribution is 0.0889. The lowest BCUT2D eigenvalue weighted by Crippen LogP contribution is -2.50. The molecule has 1 aromatic heterocycles. The molecule has 1 aliphatic heterocycles. The largest absolute Gasteiger partial charge is 0.301 e. The van der Waals surface area contributed by atoms with Crippen LogP contribution in [0.15, 0.2) is 15.9 Å². The third-order valence-electron chi connectivity index (χ3n) is 3.39. The van der Waals surface area contributed by atoms with Crippen LogP contribution in [-0.4, -0.2) is 42.5 Å². The van der Waals surface area contributed by atoms with Crippen LogP contribution in [0.2, 0.25) is 0 Å². The van der Waals surface area contributed by atoms with Crippen molar-refractivity contribution >= 4 is 27.3 Å². The van der Waals surface area contributed by atoms with E-state index in [0.29, 0.717) is 0 Å². The Morgan fingerprint density at radius 3 is 2.94 bits per heavy atom. The van der Waals surface area contributed by atoms with E-state index in [1.807, 2.05) is 11.3 Å². The van der Waals surface area contributed by atoms with Crippen LogP contribution in [-0.2, 0) is 6.54 Å². The number of nitrogens with zero attached hydrogens (tertiary/aromatic N) is 2. The van der Waals surface area contributed by atoms with Gasteiger partial charge in [-0.1, -0.05) is 6.92 Å². The van der Waals surface area contributed by atoms with E-state index in [0.717, 1.165) is 12.6 Å². The lowest BCUT2D eigenvalue weighted by Gasteiger charge is -2.39. The van der Waals surface area contributed by atoms with Gasteiger partial charge in [-0.2, -0.15) is 0 Å². The Balaban J connectivity index is 1.94. The predicted molar refractivity (Wildman–Crippen MR) is 74.0 cm³/mol. The quantitative estimate of drug-likeness (QED) is 0.847. The predicted octanol–water partition coefficient (Wildman–Crippen LogP) is 3.04. The van der Waals surface area contributed by atoms with Gasteiger partial charge in [0, 0.05) is 41.6 Å².